The lowest BCUT2D eigenvalue weighted by atomic mass is 9.98. The van der Waals surface area contributed by atoms with Gasteiger partial charge in [0.25, 0.3) is 5.91 Å². The Morgan fingerprint density at radius 1 is 1.25 bits per heavy atom. The van der Waals surface area contributed by atoms with Crippen molar-refractivity contribution in [3.8, 4) is 0 Å². The van der Waals surface area contributed by atoms with Crippen molar-refractivity contribution in [1.82, 2.24) is 24.5 Å². The van der Waals surface area contributed by atoms with Gasteiger partial charge in [0.15, 0.2) is 5.65 Å². The number of rotatable bonds is 1. The molecule has 120 valence electrons. The molecule has 5 rings (SSSR count). The van der Waals surface area contributed by atoms with E-state index in [1.54, 1.807) is 24.5 Å². The summed E-state index contributed by atoms with van der Waals surface area (Å²) >= 11 is 0. The minimum absolute atomic E-state index is 0.0901. The first-order valence-corrected chi connectivity index (χ1v) is 8.29. The number of fused-ring (bicyclic) bond motifs is 6. The molecule has 2 atom stereocenters. The summed E-state index contributed by atoms with van der Waals surface area (Å²) in [5.41, 5.74) is 4.91. The summed E-state index contributed by atoms with van der Waals surface area (Å²) in [4.78, 5) is 23.6. The van der Waals surface area contributed by atoms with Gasteiger partial charge in [-0.2, -0.15) is 5.10 Å². The molecule has 6 nitrogen and oxygen atoms in total. The van der Waals surface area contributed by atoms with E-state index in [4.69, 9.17) is 0 Å². The van der Waals surface area contributed by atoms with Crippen LogP contribution < -0.4 is 0 Å². The standard InChI is InChI=1S/C18H17N5O/c1-11-8-17-20-10-14-15-3-2-13(9-16(14)23(17)21-11)22(15)18(24)12-4-6-19-7-5-12/h4-8,10,13,15H,2-3,9H2,1H3/t13-,15+/m0/s1. The van der Waals surface area contributed by atoms with E-state index < -0.39 is 0 Å². The van der Waals surface area contributed by atoms with Crippen molar-refractivity contribution < 1.29 is 4.79 Å². The Bertz CT molecular complexity index is 949. The maximum atomic E-state index is 13.0. The van der Waals surface area contributed by atoms with E-state index in [9.17, 15) is 4.79 Å². The van der Waals surface area contributed by atoms with Crippen LogP contribution in [0, 0.1) is 6.92 Å². The first kappa shape index (κ1) is 13.7. The molecule has 3 aromatic heterocycles. The van der Waals surface area contributed by atoms with Crippen LogP contribution in [0.1, 0.15) is 46.2 Å². The van der Waals surface area contributed by atoms with Gasteiger partial charge < -0.3 is 4.90 Å². The number of nitrogens with zero attached hydrogens (tertiary/aromatic N) is 5. The second-order valence-electron chi connectivity index (χ2n) is 6.62. The van der Waals surface area contributed by atoms with Gasteiger partial charge in [-0.3, -0.25) is 9.78 Å². The molecule has 0 radical (unpaired) electrons. The molecule has 24 heavy (non-hydrogen) atoms. The molecule has 0 unspecified atom stereocenters. The normalized spacial score (nSPS) is 22.0. The lowest BCUT2D eigenvalue weighted by Crippen LogP contribution is -2.42. The maximum absolute atomic E-state index is 13.0. The minimum Gasteiger partial charge on any atom is -0.328 e. The number of pyridine rings is 1. The highest BCUT2D eigenvalue weighted by molar-refractivity contribution is 5.95. The first-order chi connectivity index (χ1) is 11.7. The minimum atomic E-state index is 0.0901. The number of hydrogen-bond donors (Lipinski definition) is 0. The van der Waals surface area contributed by atoms with Crippen molar-refractivity contribution >= 4 is 11.6 Å². The van der Waals surface area contributed by atoms with Gasteiger partial charge in [0.2, 0.25) is 0 Å². The zero-order valence-corrected chi connectivity index (χ0v) is 13.4. The molecule has 0 aromatic carbocycles. The van der Waals surface area contributed by atoms with E-state index in [2.05, 4.69) is 15.1 Å². The van der Waals surface area contributed by atoms with Crippen LogP contribution in [0.2, 0.25) is 0 Å². The fourth-order valence-corrected chi connectivity index (χ4v) is 4.15. The Balaban J connectivity index is 1.61. The third-order valence-corrected chi connectivity index (χ3v) is 5.19. The van der Waals surface area contributed by atoms with E-state index >= 15 is 0 Å². The van der Waals surface area contributed by atoms with Gasteiger partial charge in [-0.15, -0.1) is 0 Å². The highest BCUT2D eigenvalue weighted by Crippen LogP contribution is 2.44. The predicted octanol–water partition coefficient (Wildman–Crippen LogP) is 2.33. The van der Waals surface area contributed by atoms with Gasteiger partial charge in [-0.25, -0.2) is 9.50 Å². The van der Waals surface area contributed by atoms with E-state index in [0.29, 0.717) is 5.56 Å². The predicted molar refractivity (Wildman–Crippen MR) is 87.6 cm³/mol. The number of hydrogen-bond acceptors (Lipinski definition) is 4. The second-order valence-corrected chi connectivity index (χ2v) is 6.62. The van der Waals surface area contributed by atoms with Gasteiger partial charge in [-0.1, -0.05) is 0 Å². The quantitative estimate of drug-likeness (QED) is 0.690. The Morgan fingerprint density at radius 3 is 2.92 bits per heavy atom. The molecule has 1 amide bonds. The summed E-state index contributed by atoms with van der Waals surface area (Å²) in [6, 6.07) is 5.90. The van der Waals surface area contributed by atoms with Crippen LogP contribution in [0.15, 0.2) is 36.8 Å². The average molecular weight is 319 g/mol. The summed E-state index contributed by atoms with van der Waals surface area (Å²) in [6.07, 6.45) is 8.13. The van der Waals surface area contributed by atoms with Crippen LogP contribution in [-0.4, -0.2) is 36.4 Å². The van der Waals surface area contributed by atoms with Crippen molar-refractivity contribution in [3.63, 3.8) is 0 Å². The van der Waals surface area contributed by atoms with Crippen LogP contribution in [-0.2, 0) is 6.42 Å². The molecule has 1 saturated heterocycles. The van der Waals surface area contributed by atoms with E-state index in [1.165, 1.54) is 5.69 Å². The van der Waals surface area contributed by atoms with Crippen molar-refractivity contribution in [2.24, 2.45) is 0 Å². The SMILES string of the molecule is Cc1cc2ncc3c(n2n1)C[C@@H]1CC[C@H]3N1C(=O)c1ccncc1. The van der Waals surface area contributed by atoms with Crippen molar-refractivity contribution in [3.05, 3.63) is 59.3 Å². The molecule has 2 aliphatic heterocycles. The third-order valence-electron chi connectivity index (χ3n) is 5.19. The molecule has 0 N–H and O–H groups in total. The average Bonchev–Trinajstić information content (AvgIpc) is 3.14. The van der Waals surface area contributed by atoms with Crippen molar-refractivity contribution in [2.75, 3.05) is 0 Å². The zero-order chi connectivity index (χ0) is 16.3. The van der Waals surface area contributed by atoms with E-state index in [0.717, 1.165) is 36.2 Å². The summed E-state index contributed by atoms with van der Waals surface area (Å²) in [7, 11) is 0. The Morgan fingerprint density at radius 2 is 2.08 bits per heavy atom. The molecule has 0 saturated carbocycles. The Kier molecular flexibility index (Phi) is 2.77. The Hall–Kier alpha value is -2.76. The van der Waals surface area contributed by atoms with Crippen LogP contribution >= 0.6 is 0 Å². The first-order valence-electron chi connectivity index (χ1n) is 8.29. The lowest BCUT2D eigenvalue weighted by molar-refractivity contribution is 0.0642. The third kappa shape index (κ3) is 1.82. The Labute approximate surface area is 139 Å². The van der Waals surface area contributed by atoms with Crippen LogP contribution in [0.3, 0.4) is 0 Å². The van der Waals surface area contributed by atoms with Gasteiger partial charge in [0.05, 0.1) is 17.4 Å². The zero-order valence-electron chi connectivity index (χ0n) is 13.4. The summed E-state index contributed by atoms with van der Waals surface area (Å²) in [5, 5.41) is 4.59. The summed E-state index contributed by atoms with van der Waals surface area (Å²) in [5.74, 6) is 0.0901. The largest absolute Gasteiger partial charge is 0.328 e. The molecule has 3 aromatic rings. The molecule has 2 bridgehead atoms. The number of aromatic nitrogens is 4. The summed E-state index contributed by atoms with van der Waals surface area (Å²) < 4.78 is 1.96. The smallest absolute Gasteiger partial charge is 0.254 e. The van der Waals surface area contributed by atoms with Crippen LogP contribution in [0.25, 0.3) is 5.65 Å². The molecule has 0 aliphatic carbocycles. The lowest BCUT2D eigenvalue weighted by Gasteiger charge is -2.36. The molecule has 1 fully saturated rings. The maximum Gasteiger partial charge on any atom is 0.254 e. The van der Waals surface area contributed by atoms with Crippen molar-refractivity contribution in [2.45, 2.75) is 38.3 Å². The van der Waals surface area contributed by atoms with Crippen LogP contribution in [0.4, 0.5) is 0 Å². The molecule has 6 heteroatoms. The van der Waals surface area contributed by atoms with E-state index in [1.807, 2.05) is 28.6 Å². The van der Waals surface area contributed by atoms with Gasteiger partial charge in [0, 0.05) is 48.2 Å². The second kappa shape index (κ2) is 4.87. The monoisotopic (exact) mass is 319 g/mol. The number of carbonyl (C=O) groups is 1. The number of amides is 1. The molecular formula is C18H17N5O. The highest BCUT2D eigenvalue weighted by Gasteiger charge is 2.44. The topological polar surface area (TPSA) is 63.4 Å². The molecular weight excluding hydrogens is 302 g/mol. The summed E-state index contributed by atoms with van der Waals surface area (Å²) in [6.45, 7) is 1.98. The van der Waals surface area contributed by atoms with Gasteiger partial charge in [-0.05, 0) is 31.9 Å². The van der Waals surface area contributed by atoms with Crippen molar-refractivity contribution in [1.29, 1.82) is 0 Å². The fraction of sp³-hybridized carbons (Fsp3) is 0.333. The van der Waals surface area contributed by atoms with Gasteiger partial charge >= 0.3 is 0 Å². The molecule has 5 heterocycles. The fourth-order valence-electron chi connectivity index (χ4n) is 4.15. The number of aryl methyl sites for hydroxylation is 1. The molecule has 2 aliphatic rings. The number of carbonyl (C=O) groups excluding carboxylic acids is 1. The van der Waals surface area contributed by atoms with E-state index in [-0.39, 0.29) is 18.0 Å². The highest BCUT2D eigenvalue weighted by atomic mass is 16.2. The van der Waals surface area contributed by atoms with Gasteiger partial charge in [0.1, 0.15) is 0 Å². The molecule has 0 spiro atoms. The van der Waals surface area contributed by atoms with Crippen LogP contribution in [0.5, 0.6) is 0 Å².